The Labute approximate surface area is 142 Å². The second kappa shape index (κ2) is 7.62. The summed E-state index contributed by atoms with van der Waals surface area (Å²) in [6.45, 7) is 5.35. The standard InChI is InChI=1S/C17H19N5S/c1-13(16(12-19)17(20)23)21-7-2-8-22(10-9-21)15-5-3-14(11-18)4-6-15/h3-6H,2,7-10H2,1H3,(H2,20,23)/b16-13-. The first-order valence-corrected chi connectivity index (χ1v) is 7.88. The third-order valence-corrected chi connectivity index (χ3v) is 4.26. The van der Waals surface area contributed by atoms with E-state index in [1.165, 1.54) is 0 Å². The summed E-state index contributed by atoms with van der Waals surface area (Å²) in [6.07, 6.45) is 0.980. The highest BCUT2D eigenvalue weighted by molar-refractivity contribution is 7.80. The van der Waals surface area contributed by atoms with Crippen LogP contribution in [0.2, 0.25) is 0 Å². The van der Waals surface area contributed by atoms with Crippen LogP contribution in [0.25, 0.3) is 0 Å². The zero-order valence-electron chi connectivity index (χ0n) is 13.1. The summed E-state index contributed by atoms with van der Waals surface area (Å²) in [7, 11) is 0. The fraction of sp³-hybridized carbons (Fsp3) is 0.353. The average molecular weight is 325 g/mol. The lowest BCUT2D eigenvalue weighted by Crippen LogP contribution is -2.31. The predicted molar refractivity (Wildman–Crippen MR) is 94.7 cm³/mol. The molecule has 23 heavy (non-hydrogen) atoms. The number of anilines is 1. The summed E-state index contributed by atoms with van der Waals surface area (Å²) in [5.41, 5.74) is 8.65. The fourth-order valence-corrected chi connectivity index (χ4v) is 2.92. The van der Waals surface area contributed by atoms with Gasteiger partial charge in [-0.3, -0.25) is 0 Å². The fourth-order valence-electron chi connectivity index (χ4n) is 2.73. The van der Waals surface area contributed by atoms with E-state index in [1.54, 1.807) is 0 Å². The molecule has 1 aromatic rings. The van der Waals surface area contributed by atoms with Gasteiger partial charge in [0.1, 0.15) is 16.6 Å². The maximum Gasteiger partial charge on any atom is 0.116 e. The summed E-state index contributed by atoms with van der Waals surface area (Å²) in [5.74, 6) is 0. The monoisotopic (exact) mass is 325 g/mol. The summed E-state index contributed by atoms with van der Waals surface area (Å²) < 4.78 is 0. The van der Waals surface area contributed by atoms with Crippen molar-refractivity contribution < 1.29 is 0 Å². The van der Waals surface area contributed by atoms with Crippen molar-refractivity contribution >= 4 is 22.9 Å². The van der Waals surface area contributed by atoms with Crippen LogP contribution in [0.5, 0.6) is 0 Å². The predicted octanol–water partition coefficient (Wildman–Crippen LogP) is 2.15. The van der Waals surface area contributed by atoms with Crippen molar-refractivity contribution in [2.24, 2.45) is 5.73 Å². The molecular formula is C17H19N5S. The lowest BCUT2D eigenvalue weighted by Gasteiger charge is -2.26. The number of nitrogens with two attached hydrogens (primary N) is 1. The number of allylic oxidation sites excluding steroid dienone is 1. The molecule has 1 fully saturated rings. The Morgan fingerprint density at radius 1 is 1.13 bits per heavy atom. The second-order valence-corrected chi connectivity index (χ2v) is 5.86. The summed E-state index contributed by atoms with van der Waals surface area (Å²) in [6, 6.07) is 11.9. The van der Waals surface area contributed by atoms with Crippen LogP contribution in [-0.4, -0.2) is 36.1 Å². The van der Waals surface area contributed by atoms with Gasteiger partial charge in [0.15, 0.2) is 0 Å². The van der Waals surface area contributed by atoms with Crippen molar-refractivity contribution in [3.63, 3.8) is 0 Å². The molecular weight excluding hydrogens is 306 g/mol. The van der Waals surface area contributed by atoms with E-state index in [-0.39, 0.29) is 4.99 Å². The molecule has 1 aliphatic rings. The second-order valence-electron chi connectivity index (χ2n) is 5.42. The molecule has 5 nitrogen and oxygen atoms in total. The van der Waals surface area contributed by atoms with Gasteiger partial charge in [-0.25, -0.2) is 0 Å². The molecule has 0 amide bonds. The molecule has 0 atom stereocenters. The van der Waals surface area contributed by atoms with Gasteiger partial charge in [-0.05, 0) is 37.6 Å². The molecule has 6 heteroatoms. The molecule has 1 heterocycles. The minimum Gasteiger partial charge on any atom is -0.389 e. The van der Waals surface area contributed by atoms with Gasteiger partial charge in [-0.1, -0.05) is 12.2 Å². The highest BCUT2D eigenvalue weighted by Crippen LogP contribution is 2.19. The smallest absolute Gasteiger partial charge is 0.116 e. The first-order valence-electron chi connectivity index (χ1n) is 7.47. The molecule has 1 saturated heterocycles. The van der Waals surface area contributed by atoms with Gasteiger partial charge < -0.3 is 15.5 Å². The molecule has 118 valence electrons. The quantitative estimate of drug-likeness (QED) is 0.521. The van der Waals surface area contributed by atoms with E-state index < -0.39 is 0 Å². The zero-order chi connectivity index (χ0) is 16.8. The van der Waals surface area contributed by atoms with Gasteiger partial charge in [-0.2, -0.15) is 10.5 Å². The van der Waals surface area contributed by atoms with Crippen LogP contribution in [0.15, 0.2) is 35.5 Å². The van der Waals surface area contributed by atoms with E-state index in [0.717, 1.165) is 44.0 Å². The van der Waals surface area contributed by atoms with Crippen molar-refractivity contribution in [3.05, 3.63) is 41.1 Å². The van der Waals surface area contributed by atoms with Gasteiger partial charge in [-0.15, -0.1) is 0 Å². The minimum atomic E-state index is 0.151. The molecule has 0 saturated carbocycles. The van der Waals surface area contributed by atoms with Crippen molar-refractivity contribution in [3.8, 4) is 12.1 Å². The molecule has 0 unspecified atom stereocenters. The Bertz CT molecular complexity index is 693. The Hall–Kier alpha value is -2.57. The Morgan fingerprint density at radius 3 is 2.39 bits per heavy atom. The molecule has 2 N–H and O–H groups in total. The van der Waals surface area contributed by atoms with Gasteiger partial charge in [0, 0.05) is 37.6 Å². The molecule has 0 radical (unpaired) electrons. The van der Waals surface area contributed by atoms with E-state index in [2.05, 4.69) is 21.9 Å². The highest BCUT2D eigenvalue weighted by atomic mass is 32.1. The normalized spacial score (nSPS) is 16.0. The van der Waals surface area contributed by atoms with Crippen LogP contribution in [0.4, 0.5) is 5.69 Å². The van der Waals surface area contributed by atoms with Crippen LogP contribution in [0.1, 0.15) is 18.9 Å². The third-order valence-electron chi connectivity index (χ3n) is 4.05. The minimum absolute atomic E-state index is 0.151. The summed E-state index contributed by atoms with van der Waals surface area (Å²) >= 11 is 4.95. The summed E-state index contributed by atoms with van der Waals surface area (Å²) in [5, 5.41) is 18.1. The van der Waals surface area contributed by atoms with E-state index in [1.807, 2.05) is 31.2 Å². The highest BCUT2D eigenvalue weighted by Gasteiger charge is 2.18. The molecule has 2 rings (SSSR count). The average Bonchev–Trinajstić information content (AvgIpc) is 2.81. The van der Waals surface area contributed by atoms with Crippen LogP contribution in [-0.2, 0) is 0 Å². The number of hydrogen-bond donors (Lipinski definition) is 1. The number of nitriles is 2. The van der Waals surface area contributed by atoms with Gasteiger partial charge in [0.25, 0.3) is 0 Å². The van der Waals surface area contributed by atoms with Crippen LogP contribution in [0, 0.1) is 22.7 Å². The number of thiocarbonyl (C=S) groups is 1. The first kappa shape index (κ1) is 16.8. The first-order chi connectivity index (χ1) is 11.1. The zero-order valence-corrected chi connectivity index (χ0v) is 13.9. The molecule has 0 bridgehead atoms. The number of rotatable bonds is 3. The van der Waals surface area contributed by atoms with Crippen molar-refractivity contribution in [1.29, 1.82) is 10.5 Å². The molecule has 0 aromatic heterocycles. The van der Waals surface area contributed by atoms with Gasteiger partial charge in [0.05, 0.1) is 11.6 Å². The van der Waals surface area contributed by atoms with Crippen LogP contribution >= 0.6 is 12.2 Å². The van der Waals surface area contributed by atoms with Crippen molar-refractivity contribution in [1.82, 2.24) is 4.90 Å². The van der Waals surface area contributed by atoms with E-state index in [0.29, 0.717) is 11.1 Å². The topological polar surface area (TPSA) is 80.1 Å². The molecule has 1 aromatic carbocycles. The lowest BCUT2D eigenvalue weighted by atomic mass is 10.2. The Morgan fingerprint density at radius 2 is 1.83 bits per heavy atom. The van der Waals surface area contributed by atoms with Crippen molar-refractivity contribution in [2.45, 2.75) is 13.3 Å². The maximum atomic E-state index is 9.21. The SMILES string of the molecule is C/C(=C(\C#N)C(N)=S)N1CCCN(c2ccc(C#N)cc2)CC1. The number of hydrogen-bond acceptors (Lipinski definition) is 5. The Kier molecular flexibility index (Phi) is 5.56. The molecule has 0 aliphatic carbocycles. The van der Waals surface area contributed by atoms with E-state index >= 15 is 0 Å². The number of benzene rings is 1. The maximum absolute atomic E-state index is 9.21. The largest absolute Gasteiger partial charge is 0.389 e. The molecule has 1 aliphatic heterocycles. The van der Waals surface area contributed by atoms with Crippen molar-refractivity contribution in [2.75, 3.05) is 31.1 Å². The van der Waals surface area contributed by atoms with Crippen LogP contribution in [0.3, 0.4) is 0 Å². The lowest BCUT2D eigenvalue weighted by molar-refractivity contribution is 0.369. The summed E-state index contributed by atoms with van der Waals surface area (Å²) in [4.78, 5) is 4.61. The van der Waals surface area contributed by atoms with Gasteiger partial charge in [0.2, 0.25) is 0 Å². The molecule has 0 spiro atoms. The third kappa shape index (κ3) is 4.00. The van der Waals surface area contributed by atoms with E-state index in [4.69, 9.17) is 23.2 Å². The Balaban J connectivity index is 2.12. The van der Waals surface area contributed by atoms with E-state index in [9.17, 15) is 5.26 Å². The number of nitrogens with zero attached hydrogens (tertiary/aromatic N) is 4. The van der Waals surface area contributed by atoms with Gasteiger partial charge >= 0.3 is 0 Å². The van der Waals surface area contributed by atoms with Crippen LogP contribution < -0.4 is 10.6 Å².